The quantitative estimate of drug-likeness (QED) is 0.894. The van der Waals surface area contributed by atoms with Crippen LogP contribution in [-0.2, 0) is 10.0 Å². The summed E-state index contributed by atoms with van der Waals surface area (Å²) in [5.74, 6) is -0.337. The van der Waals surface area contributed by atoms with Crippen molar-refractivity contribution in [3.8, 4) is 11.3 Å². The topological polar surface area (TPSA) is 76.0 Å². The van der Waals surface area contributed by atoms with Crippen molar-refractivity contribution < 1.29 is 12.8 Å². The Morgan fingerprint density at radius 3 is 2.48 bits per heavy atom. The minimum Gasteiger partial charge on any atom is -0.358 e. The Hall–Kier alpha value is -1.66. The molecule has 3 N–H and O–H groups in total. The second kappa shape index (κ2) is 6.09. The van der Waals surface area contributed by atoms with Crippen molar-refractivity contribution >= 4 is 10.0 Å². The van der Waals surface area contributed by atoms with Crippen molar-refractivity contribution in [1.82, 2.24) is 4.98 Å². The summed E-state index contributed by atoms with van der Waals surface area (Å²) in [7, 11) is -4.04. The first kappa shape index (κ1) is 16.2. The number of hydrogen-bond acceptors (Lipinski definition) is 2. The van der Waals surface area contributed by atoms with Gasteiger partial charge in [0.05, 0.1) is 0 Å². The lowest BCUT2D eigenvalue weighted by molar-refractivity contribution is 0.444. The molecule has 1 aliphatic carbocycles. The van der Waals surface area contributed by atoms with Crippen molar-refractivity contribution in [3.05, 3.63) is 41.3 Å². The minimum atomic E-state index is -4.04. The van der Waals surface area contributed by atoms with Gasteiger partial charge in [0.15, 0.2) is 0 Å². The fourth-order valence-corrected chi connectivity index (χ4v) is 4.06. The molecule has 0 bridgehead atoms. The minimum absolute atomic E-state index is 0.469. The van der Waals surface area contributed by atoms with E-state index in [-0.39, 0.29) is 0 Å². The highest BCUT2D eigenvalue weighted by molar-refractivity contribution is 7.89. The normalized spacial score (nSPS) is 16.7. The second-order valence-corrected chi connectivity index (χ2v) is 7.84. The van der Waals surface area contributed by atoms with Crippen molar-refractivity contribution in [1.29, 1.82) is 0 Å². The van der Waals surface area contributed by atoms with Crippen LogP contribution in [0.2, 0.25) is 0 Å². The molecule has 0 amide bonds. The summed E-state index contributed by atoms with van der Waals surface area (Å²) >= 11 is 0. The van der Waals surface area contributed by atoms with E-state index in [1.54, 1.807) is 6.07 Å². The van der Waals surface area contributed by atoms with E-state index in [0.717, 1.165) is 24.2 Å². The van der Waals surface area contributed by atoms with Crippen LogP contribution in [0.5, 0.6) is 0 Å². The summed E-state index contributed by atoms with van der Waals surface area (Å²) in [5.41, 5.74) is 3.76. The lowest BCUT2D eigenvalue weighted by atomic mass is 9.83. The molecule has 1 aromatic heterocycles. The molecule has 6 heteroatoms. The van der Waals surface area contributed by atoms with Crippen molar-refractivity contribution in [2.45, 2.75) is 49.8 Å². The van der Waals surface area contributed by atoms with Gasteiger partial charge in [-0.15, -0.1) is 0 Å². The van der Waals surface area contributed by atoms with Crippen LogP contribution in [0.25, 0.3) is 11.3 Å². The largest absolute Gasteiger partial charge is 0.358 e. The van der Waals surface area contributed by atoms with Gasteiger partial charge in [-0.25, -0.2) is 17.9 Å². The van der Waals surface area contributed by atoms with Crippen molar-refractivity contribution in [2.75, 3.05) is 0 Å². The zero-order valence-electron chi connectivity index (χ0n) is 13.1. The summed E-state index contributed by atoms with van der Waals surface area (Å²) in [5, 5.41) is 5.02. The Morgan fingerprint density at radius 1 is 1.17 bits per heavy atom. The molecular weight excluding hydrogens is 315 g/mol. The lowest BCUT2D eigenvalue weighted by Gasteiger charge is -2.22. The van der Waals surface area contributed by atoms with Crippen LogP contribution in [0.4, 0.5) is 4.39 Å². The molecule has 1 fully saturated rings. The molecule has 1 saturated carbocycles. The molecule has 124 valence electrons. The van der Waals surface area contributed by atoms with Crippen LogP contribution in [0.1, 0.15) is 49.3 Å². The maximum absolute atomic E-state index is 14.1. The average molecular weight is 336 g/mol. The third-order valence-electron chi connectivity index (χ3n) is 4.55. The molecular formula is C17H21FN2O2S. The average Bonchev–Trinajstić information content (AvgIpc) is 2.89. The fourth-order valence-electron chi connectivity index (χ4n) is 3.47. The Kier molecular flexibility index (Phi) is 4.29. The lowest BCUT2D eigenvalue weighted by Crippen LogP contribution is -2.14. The number of H-pyrrole nitrogens is 1. The van der Waals surface area contributed by atoms with E-state index in [1.165, 1.54) is 37.0 Å². The van der Waals surface area contributed by atoms with Crippen LogP contribution in [0.15, 0.2) is 29.2 Å². The van der Waals surface area contributed by atoms with Gasteiger partial charge in [-0.3, -0.25) is 0 Å². The second-order valence-electron chi connectivity index (χ2n) is 6.31. The summed E-state index contributed by atoms with van der Waals surface area (Å²) in [6.07, 6.45) is 5.98. The number of nitrogens with two attached hydrogens (primary N) is 1. The molecule has 2 aromatic rings. The summed E-state index contributed by atoms with van der Waals surface area (Å²) in [6, 6.07) is 6.22. The first-order valence-electron chi connectivity index (χ1n) is 7.88. The standard InChI is InChI=1S/C17H21FN2O2S/c1-11-9-14(12-5-3-2-4-6-12)17(20-11)13-7-8-16(15(18)10-13)23(19,21)22/h7-10,12,20H,2-6H2,1H3,(H2,19,21,22). The van der Waals surface area contributed by atoms with E-state index in [1.807, 2.05) is 6.92 Å². The predicted octanol–water partition coefficient (Wildman–Crippen LogP) is 3.82. The van der Waals surface area contributed by atoms with Gasteiger partial charge in [0.2, 0.25) is 10.0 Å². The molecule has 0 aliphatic heterocycles. The van der Waals surface area contributed by atoms with Crippen LogP contribution in [-0.4, -0.2) is 13.4 Å². The number of nitrogens with one attached hydrogen (secondary N) is 1. The SMILES string of the molecule is Cc1cc(C2CCCCC2)c(-c2ccc(S(N)(=O)=O)c(F)c2)[nH]1. The van der Waals surface area contributed by atoms with Gasteiger partial charge in [0, 0.05) is 17.0 Å². The number of aryl methyl sites for hydroxylation is 1. The van der Waals surface area contributed by atoms with Gasteiger partial charge < -0.3 is 4.98 Å². The number of primary sulfonamides is 1. The summed E-state index contributed by atoms with van der Waals surface area (Å²) in [4.78, 5) is 2.83. The molecule has 0 saturated heterocycles. The number of benzene rings is 1. The molecule has 1 aliphatic rings. The van der Waals surface area contributed by atoms with Crippen LogP contribution in [0, 0.1) is 12.7 Å². The molecule has 1 aromatic carbocycles. The summed E-state index contributed by atoms with van der Waals surface area (Å²) < 4.78 is 36.8. The molecule has 4 nitrogen and oxygen atoms in total. The number of halogens is 1. The Balaban J connectivity index is 2.04. The van der Waals surface area contributed by atoms with Crippen molar-refractivity contribution in [3.63, 3.8) is 0 Å². The van der Waals surface area contributed by atoms with E-state index in [0.29, 0.717) is 11.5 Å². The van der Waals surface area contributed by atoms with Crippen LogP contribution >= 0.6 is 0 Å². The zero-order valence-corrected chi connectivity index (χ0v) is 13.9. The summed E-state index contributed by atoms with van der Waals surface area (Å²) in [6.45, 7) is 1.98. The number of hydrogen-bond donors (Lipinski definition) is 2. The molecule has 23 heavy (non-hydrogen) atoms. The molecule has 1 heterocycles. The molecule has 0 unspecified atom stereocenters. The monoisotopic (exact) mass is 336 g/mol. The highest BCUT2D eigenvalue weighted by Gasteiger charge is 2.22. The Labute approximate surface area is 136 Å². The fraction of sp³-hybridized carbons (Fsp3) is 0.412. The zero-order chi connectivity index (χ0) is 16.6. The van der Waals surface area contributed by atoms with E-state index < -0.39 is 20.7 Å². The highest BCUT2D eigenvalue weighted by atomic mass is 32.2. The molecule has 0 radical (unpaired) electrons. The Morgan fingerprint density at radius 2 is 1.87 bits per heavy atom. The smallest absolute Gasteiger partial charge is 0.240 e. The first-order valence-corrected chi connectivity index (χ1v) is 9.43. The van der Waals surface area contributed by atoms with Gasteiger partial charge >= 0.3 is 0 Å². The van der Waals surface area contributed by atoms with Gasteiger partial charge in [0.25, 0.3) is 0 Å². The third-order valence-corrected chi connectivity index (χ3v) is 5.50. The van der Waals surface area contributed by atoms with Crippen LogP contribution in [0.3, 0.4) is 0 Å². The molecule has 0 atom stereocenters. The van der Waals surface area contributed by atoms with E-state index in [9.17, 15) is 12.8 Å². The van der Waals surface area contributed by atoms with Gasteiger partial charge in [-0.2, -0.15) is 0 Å². The number of sulfonamides is 1. The van der Waals surface area contributed by atoms with Crippen molar-refractivity contribution in [2.24, 2.45) is 5.14 Å². The maximum atomic E-state index is 14.1. The van der Waals surface area contributed by atoms with E-state index in [4.69, 9.17) is 5.14 Å². The predicted molar refractivity (Wildman–Crippen MR) is 88.1 cm³/mol. The number of aromatic amines is 1. The van der Waals surface area contributed by atoms with Gasteiger partial charge in [-0.05, 0) is 49.4 Å². The number of aromatic nitrogens is 1. The van der Waals surface area contributed by atoms with Crippen LogP contribution < -0.4 is 5.14 Å². The third kappa shape index (κ3) is 3.33. The molecule has 0 spiro atoms. The van der Waals surface area contributed by atoms with Gasteiger partial charge in [-0.1, -0.05) is 25.3 Å². The number of rotatable bonds is 3. The molecule has 3 rings (SSSR count). The van der Waals surface area contributed by atoms with Gasteiger partial charge in [0.1, 0.15) is 10.7 Å². The highest BCUT2D eigenvalue weighted by Crippen LogP contribution is 2.38. The first-order chi connectivity index (χ1) is 10.9. The maximum Gasteiger partial charge on any atom is 0.240 e. The Bertz CT molecular complexity index is 821. The van der Waals surface area contributed by atoms with E-state index in [2.05, 4.69) is 11.1 Å². The van der Waals surface area contributed by atoms with E-state index >= 15 is 0 Å².